The molecule has 0 amide bonds. The molecule has 0 saturated heterocycles. The predicted molar refractivity (Wildman–Crippen MR) is 104 cm³/mol. The van der Waals surface area contributed by atoms with E-state index in [1.807, 2.05) is 38.1 Å². The number of nitrogens with two attached hydrogens (primary N) is 1. The van der Waals surface area contributed by atoms with Gasteiger partial charge in [0, 0.05) is 11.8 Å². The highest BCUT2D eigenvalue weighted by Crippen LogP contribution is 2.40. The SMILES string of the molecule is Cc1ccc(Cn2c(C)cc3c(c2=O)[C@@H](c2ccco2)C(C#N)=C(N)O3)cc1. The Balaban J connectivity index is 1.89. The summed E-state index contributed by atoms with van der Waals surface area (Å²) in [5.41, 5.74) is 9.18. The summed E-state index contributed by atoms with van der Waals surface area (Å²) in [4.78, 5) is 13.4. The minimum atomic E-state index is -0.693. The van der Waals surface area contributed by atoms with Crippen LogP contribution in [0, 0.1) is 25.2 Å². The summed E-state index contributed by atoms with van der Waals surface area (Å²) < 4.78 is 12.8. The molecule has 4 rings (SSSR count). The number of hydrogen-bond donors (Lipinski definition) is 1. The third-order valence-corrected chi connectivity index (χ3v) is 4.98. The lowest BCUT2D eigenvalue weighted by molar-refractivity contribution is 0.379. The summed E-state index contributed by atoms with van der Waals surface area (Å²) in [5, 5.41) is 9.61. The summed E-state index contributed by atoms with van der Waals surface area (Å²) in [5.74, 6) is 0.139. The van der Waals surface area contributed by atoms with Gasteiger partial charge in [-0.1, -0.05) is 29.8 Å². The van der Waals surface area contributed by atoms with Crippen molar-refractivity contribution in [1.29, 1.82) is 5.26 Å². The van der Waals surface area contributed by atoms with Gasteiger partial charge in [0.2, 0.25) is 5.88 Å². The molecule has 0 saturated carbocycles. The van der Waals surface area contributed by atoms with Crippen LogP contribution in [0.1, 0.15) is 34.1 Å². The minimum absolute atomic E-state index is 0.00788. The van der Waals surface area contributed by atoms with E-state index >= 15 is 0 Å². The van der Waals surface area contributed by atoms with Crippen LogP contribution >= 0.6 is 0 Å². The Morgan fingerprint density at radius 1 is 1.21 bits per heavy atom. The number of aryl methyl sites for hydroxylation is 2. The number of benzene rings is 1. The molecule has 1 aliphatic heterocycles. The first-order chi connectivity index (χ1) is 13.5. The number of furan rings is 1. The van der Waals surface area contributed by atoms with Crippen LogP contribution in [0.5, 0.6) is 5.75 Å². The Morgan fingerprint density at radius 2 is 1.96 bits per heavy atom. The number of rotatable bonds is 3. The van der Waals surface area contributed by atoms with Crippen LogP contribution in [0.25, 0.3) is 0 Å². The van der Waals surface area contributed by atoms with Gasteiger partial charge in [-0.25, -0.2) is 0 Å². The van der Waals surface area contributed by atoms with Crippen molar-refractivity contribution in [2.75, 3.05) is 0 Å². The number of pyridine rings is 1. The largest absolute Gasteiger partial charge is 0.468 e. The second kappa shape index (κ2) is 6.78. The van der Waals surface area contributed by atoms with Crippen LogP contribution in [0.2, 0.25) is 0 Å². The number of allylic oxidation sites excluding steroid dienone is 1. The lowest BCUT2D eigenvalue weighted by Gasteiger charge is -2.26. The first kappa shape index (κ1) is 17.7. The molecule has 0 aliphatic carbocycles. The molecule has 6 nitrogen and oxygen atoms in total. The van der Waals surface area contributed by atoms with Gasteiger partial charge in [0.1, 0.15) is 23.2 Å². The molecule has 6 heteroatoms. The van der Waals surface area contributed by atoms with Crippen molar-refractivity contribution in [3.8, 4) is 11.8 Å². The number of aromatic nitrogens is 1. The van der Waals surface area contributed by atoms with Gasteiger partial charge < -0.3 is 19.5 Å². The Kier molecular flexibility index (Phi) is 4.28. The van der Waals surface area contributed by atoms with E-state index in [1.54, 1.807) is 22.8 Å². The van der Waals surface area contributed by atoms with Gasteiger partial charge in [0.15, 0.2) is 0 Å². The summed E-state index contributed by atoms with van der Waals surface area (Å²) in [7, 11) is 0. The molecule has 2 N–H and O–H groups in total. The molecule has 28 heavy (non-hydrogen) atoms. The number of hydrogen-bond acceptors (Lipinski definition) is 5. The van der Waals surface area contributed by atoms with E-state index in [0.717, 1.165) is 16.8 Å². The molecular formula is C22H19N3O3. The molecule has 0 spiro atoms. The summed E-state index contributed by atoms with van der Waals surface area (Å²) in [6.45, 7) is 4.29. The zero-order valence-corrected chi connectivity index (χ0v) is 15.6. The van der Waals surface area contributed by atoms with Gasteiger partial charge >= 0.3 is 0 Å². The third-order valence-electron chi connectivity index (χ3n) is 4.98. The molecule has 3 heterocycles. The van der Waals surface area contributed by atoms with Crippen molar-refractivity contribution in [3.63, 3.8) is 0 Å². The summed E-state index contributed by atoms with van der Waals surface area (Å²) in [6, 6.07) is 15.3. The first-order valence-corrected chi connectivity index (χ1v) is 8.90. The highest BCUT2D eigenvalue weighted by atomic mass is 16.5. The van der Waals surface area contributed by atoms with Gasteiger partial charge in [-0.05, 0) is 31.5 Å². The summed E-state index contributed by atoms with van der Waals surface area (Å²) >= 11 is 0. The van der Waals surface area contributed by atoms with Crippen molar-refractivity contribution >= 4 is 0 Å². The average Bonchev–Trinajstić information content (AvgIpc) is 3.20. The lowest BCUT2D eigenvalue weighted by atomic mass is 9.88. The molecule has 1 aromatic carbocycles. The van der Waals surface area contributed by atoms with Crippen LogP contribution in [-0.4, -0.2) is 4.57 Å². The van der Waals surface area contributed by atoms with Crippen LogP contribution in [0.4, 0.5) is 0 Å². The number of nitrogens with zero attached hydrogens (tertiary/aromatic N) is 2. The molecule has 1 aliphatic rings. The van der Waals surface area contributed by atoms with Crippen LogP contribution < -0.4 is 16.0 Å². The number of fused-ring (bicyclic) bond motifs is 1. The van der Waals surface area contributed by atoms with Crippen LogP contribution in [-0.2, 0) is 6.54 Å². The maximum atomic E-state index is 13.4. The maximum Gasteiger partial charge on any atom is 0.259 e. The Morgan fingerprint density at radius 3 is 2.61 bits per heavy atom. The van der Waals surface area contributed by atoms with Crippen molar-refractivity contribution in [2.45, 2.75) is 26.3 Å². The zero-order chi connectivity index (χ0) is 19.8. The van der Waals surface area contributed by atoms with E-state index in [4.69, 9.17) is 14.9 Å². The molecular weight excluding hydrogens is 354 g/mol. The fourth-order valence-corrected chi connectivity index (χ4v) is 3.50. The fraction of sp³-hybridized carbons (Fsp3) is 0.182. The Bertz CT molecular complexity index is 1160. The van der Waals surface area contributed by atoms with Gasteiger partial charge in [-0.15, -0.1) is 0 Å². The fourth-order valence-electron chi connectivity index (χ4n) is 3.50. The van der Waals surface area contributed by atoms with Crippen LogP contribution in [0.3, 0.4) is 0 Å². The smallest absolute Gasteiger partial charge is 0.259 e. The lowest BCUT2D eigenvalue weighted by Crippen LogP contribution is -2.32. The van der Waals surface area contributed by atoms with E-state index in [2.05, 4.69) is 6.07 Å². The molecule has 1 atom stereocenters. The second-order valence-corrected chi connectivity index (χ2v) is 6.88. The third kappa shape index (κ3) is 2.87. The second-order valence-electron chi connectivity index (χ2n) is 6.88. The van der Waals surface area contributed by atoms with Gasteiger partial charge in [0.05, 0.1) is 24.3 Å². The zero-order valence-electron chi connectivity index (χ0n) is 15.6. The monoisotopic (exact) mass is 373 g/mol. The van der Waals surface area contributed by atoms with E-state index in [9.17, 15) is 10.1 Å². The molecule has 140 valence electrons. The van der Waals surface area contributed by atoms with E-state index in [0.29, 0.717) is 23.6 Å². The molecule has 0 radical (unpaired) electrons. The molecule has 3 aromatic rings. The molecule has 0 unspecified atom stereocenters. The molecule has 0 bridgehead atoms. The highest BCUT2D eigenvalue weighted by Gasteiger charge is 2.36. The van der Waals surface area contributed by atoms with Crippen molar-refractivity contribution in [2.24, 2.45) is 5.73 Å². The van der Waals surface area contributed by atoms with Crippen molar-refractivity contribution in [3.05, 3.63) is 98.7 Å². The topological polar surface area (TPSA) is 94.2 Å². The Labute approximate surface area is 162 Å². The van der Waals surface area contributed by atoms with E-state index in [-0.39, 0.29) is 17.0 Å². The highest BCUT2D eigenvalue weighted by molar-refractivity contribution is 5.53. The summed E-state index contributed by atoms with van der Waals surface area (Å²) in [6.07, 6.45) is 1.51. The minimum Gasteiger partial charge on any atom is -0.468 e. The van der Waals surface area contributed by atoms with E-state index < -0.39 is 5.92 Å². The maximum absolute atomic E-state index is 13.4. The van der Waals surface area contributed by atoms with Gasteiger partial charge in [0.25, 0.3) is 5.56 Å². The Hall–Kier alpha value is -3.72. The number of nitriles is 1. The van der Waals surface area contributed by atoms with Crippen molar-refractivity contribution < 1.29 is 9.15 Å². The van der Waals surface area contributed by atoms with Gasteiger partial charge in [-0.3, -0.25) is 4.79 Å². The van der Waals surface area contributed by atoms with Crippen LogP contribution in [0.15, 0.2) is 69.4 Å². The average molecular weight is 373 g/mol. The standard InChI is InChI=1S/C22H19N3O3/c1-13-5-7-15(8-6-13)12-25-14(2)10-18-20(22(25)26)19(17-4-3-9-27-17)16(11-23)21(24)28-18/h3-10,19H,12,24H2,1-2H3/t19-/m1/s1. The molecule has 2 aromatic heterocycles. The quantitative estimate of drug-likeness (QED) is 0.760. The van der Waals surface area contributed by atoms with Crippen molar-refractivity contribution in [1.82, 2.24) is 4.57 Å². The molecule has 0 fully saturated rings. The van der Waals surface area contributed by atoms with E-state index in [1.165, 1.54) is 6.26 Å². The number of ether oxygens (including phenoxy) is 1. The first-order valence-electron chi connectivity index (χ1n) is 8.90. The normalized spacial score (nSPS) is 15.7. The predicted octanol–water partition coefficient (Wildman–Crippen LogP) is 3.32. The van der Waals surface area contributed by atoms with Gasteiger partial charge in [-0.2, -0.15) is 5.26 Å².